The van der Waals surface area contributed by atoms with Crippen molar-refractivity contribution in [3.63, 3.8) is 0 Å². The van der Waals surface area contributed by atoms with Gasteiger partial charge in [0.2, 0.25) is 0 Å². The van der Waals surface area contributed by atoms with Crippen LogP contribution in [-0.4, -0.2) is 6.04 Å². The van der Waals surface area contributed by atoms with E-state index in [4.69, 9.17) is 5.73 Å². The molecule has 2 atom stereocenters. The molecule has 0 aliphatic heterocycles. The molecule has 3 heteroatoms. The molecule has 0 aliphatic rings. The van der Waals surface area contributed by atoms with Crippen LogP contribution in [0.5, 0.6) is 0 Å². The number of thioether (sulfide) groups is 1. The molecule has 2 rings (SSSR count). The van der Waals surface area contributed by atoms with Crippen molar-refractivity contribution in [2.75, 3.05) is 0 Å². The molecule has 1 nitrogen and oxygen atoms in total. The van der Waals surface area contributed by atoms with Gasteiger partial charge in [0.15, 0.2) is 0 Å². The number of nitrogens with two attached hydrogens (primary N) is 1. The highest BCUT2D eigenvalue weighted by atomic mass is 32.2. The summed E-state index contributed by atoms with van der Waals surface area (Å²) < 4.78 is 0. The van der Waals surface area contributed by atoms with Crippen LogP contribution in [0.25, 0.3) is 0 Å². The van der Waals surface area contributed by atoms with Crippen LogP contribution in [-0.2, 0) is 5.75 Å². The van der Waals surface area contributed by atoms with Gasteiger partial charge in [0.25, 0.3) is 0 Å². The fourth-order valence-corrected chi connectivity index (χ4v) is 3.74. The summed E-state index contributed by atoms with van der Waals surface area (Å²) in [5.41, 5.74) is 8.79. The van der Waals surface area contributed by atoms with Gasteiger partial charge in [-0.2, -0.15) is 11.3 Å². The van der Waals surface area contributed by atoms with Crippen LogP contribution in [0.15, 0.2) is 47.2 Å². The highest BCUT2D eigenvalue weighted by Gasteiger charge is 2.16. The summed E-state index contributed by atoms with van der Waals surface area (Å²) in [5, 5.41) is 4.71. The standard InChI is InChI=1S/C14H17NS2/c1-11(15)14(13-7-8-16-10-13)17-9-12-5-3-2-4-6-12/h2-8,10-11,14H,9,15H2,1H3. The summed E-state index contributed by atoms with van der Waals surface area (Å²) in [4.78, 5) is 0. The summed E-state index contributed by atoms with van der Waals surface area (Å²) in [6, 6.07) is 12.9. The van der Waals surface area contributed by atoms with Crippen molar-refractivity contribution in [1.82, 2.24) is 0 Å². The maximum atomic E-state index is 6.08. The molecule has 0 amide bonds. The van der Waals surface area contributed by atoms with Crippen LogP contribution >= 0.6 is 23.1 Å². The van der Waals surface area contributed by atoms with Crippen LogP contribution in [0.2, 0.25) is 0 Å². The van der Waals surface area contributed by atoms with Gasteiger partial charge in [-0.15, -0.1) is 11.8 Å². The van der Waals surface area contributed by atoms with E-state index in [0.29, 0.717) is 5.25 Å². The molecule has 0 aliphatic carbocycles. The minimum atomic E-state index is 0.179. The third kappa shape index (κ3) is 3.60. The van der Waals surface area contributed by atoms with Crippen molar-refractivity contribution >= 4 is 23.1 Å². The van der Waals surface area contributed by atoms with Crippen LogP contribution in [0.1, 0.15) is 23.3 Å². The lowest BCUT2D eigenvalue weighted by Gasteiger charge is -2.19. The Morgan fingerprint density at radius 1 is 1.24 bits per heavy atom. The van der Waals surface area contributed by atoms with E-state index in [1.165, 1.54) is 11.1 Å². The number of rotatable bonds is 5. The molecule has 0 bridgehead atoms. The Morgan fingerprint density at radius 2 is 2.00 bits per heavy atom. The molecular weight excluding hydrogens is 246 g/mol. The molecule has 0 fully saturated rings. The quantitative estimate of drug-likeness (QED) is 0.880. The average Bonchev–Trinajstić information content (AvgIpc) is 2.84. The van der Waals surface area contributed by atoms with Crippen LogP contribution in [0, 0.1) is 0 Å². The van der Waals surface area contributed by atoms with Gasteiger partial charge >= 0.3 is 0 Å². The molecule has 2 unspecified atom stereocenters. The smallest absolute Gasteiger partial charge is 0.0457 e. The Hall–Kier alpha value is -0.770. The van der Waals surface area contributed by atoms with E-state index in [1.807, 2.05) is 11.8 Å². The third-order valence-corrected chi connectivity index (χ3v) is 4.88. The third-order valence-electron chi connectivity index (χ3n) is 2.62. The highest BCUT2D eigenvalue weighted by molar-refractivity contribution is 7.98. The van der Waals surface area contributed by atoms with Crippen molar-refractivity contribution in [1.29, 1.82) is 0 Å². The van der Waals surface area contributed by atoms with Crippen molar-refractivity contribution in [2.24, 2.45) is 5.73 Å². The molecule has 1 aromatic heterocycles. The Labute approximate surface area is 111 Å². The Balaban J connectivity index is 2.00. The molecular formula is C14H17NS2. The average molecular weight is 263 g/mol. The van der Waals surface area contributed by atoms with E-state index in [1.54, 1.807) is 11.3 Å². The minimum absolute atomic E-state index is 0.179. The van der Waals surface area contributed by atoms with Gasteiger partial charge in [-0.1, -0.05) is 30.3 Å². The van der Waals surface area contributed by atoms with E-state index >= 15 is 0 Å². The van der Waals surface area contributed by atoms with Crippen molar-refractivity contribution in [2.45, 2.75) is 24.0 Å². The van der Waals surface area contributed by atoms with Crippen LogP contribution < -0.4 is 5.73 Å². The topological polar surface area (TPSA) is 26.0 Å². The summed E-state index contributed by atoms with van der Waals surface area (Å²) in [7, 11) is 0. The first kappa shape index (κ1) is 12.7. The first-order chi connectivity index (χ1) is 8.27. The number of thiophene rings is 1. The van der Waals surface area contributed by atoms with Crippen LogP contribution in [0.3, 0.4) is 0 Å². The lowest BCUT2D eigenvalue weighted by atomic mass is 10.1. The second-order valence-corrected chi connectivity index (χ2v) is 6.04. The van der Waals surface area contributed by atoms with Gasteiger partial charge < -0.3 is 5.73 Å². The highest BCUT2D eigenvalue weighted by Crippen LogP contribution is 2.34. The molecule has 17 heavy (non-hydrogen) atoms. The summed E-state index contributed by atoms with van der Waals surface area (Å²) >= 11 is 3.66. The maximum Gasteiger partial charge on any atom is 0.0457 e. The Morgan fingerprint density at radius 3 is 2.59 bits per heavy atom. The van der Waals surface area contributed by atoms with Gasteiger partial charge in [0.05, 0.1) is 0 Å². The van der Waals surface area contributed by atoms with Gasteiger partial charge in [0, 0.05) is 17.0 Å². The molecule has 90 valence electrons. The monoisotopic (exact) mass is 263 g/mol. The predicted octanol–water partition coefficient (Wildman–Crippen LogP) is 4.07. The van der Waals surface area contributed by atoms with Crippen molar-refractivity contribution in [3.8, 4) is 0 Å². The lowest BCUT2D eigenvalue weighted by molar-refractivity contribution is 0.723. The molecule has 1 heterocycles. The molecule has 2 N–H and O–H groups in total. The fourth-order valence-electron chi connectivity index (χ4n) is 1.75. The molecule has 2 aromatic rings. The van der Waals surface area contributed by atoms with Crippen LogP contribution in [0.4, 0.5) is 0 Å². The minimum Gasteiger partial charge on any atom is -0.327 e. The van der Waals surface area contributed by atoms with Crippen molar-refractivity contribution < 1.29 is 0 Å². The predicted molar refractivity (Wildman–Crippen MR) is 78.4 cm³/mol. The molecule has 0 saturated carbocycles. The van der Waals surface area contributed by atoms with E-state index in [9.17, 15) is 0 Å². The second kappa shape index (κ2) is 6.24. The Kier molecular flexibility index (Phi) is 4.66. The molecule has 0 spiro atoms. The molecule has 1 aromatic carbocycles. The largest absolute Gasteiger partial charge is 0.327 e. The summed E-state index contributed by atoms with van der Waals surface area (Å²) in [5.74, 6) is 1.02. The van der Waals surface area contributed by atoms with Gasteiger partial charge in [-0.25, -0.2) is 0 Å². The maximum absolute atomic E-state index is 6.08. The lowest BCUT2D eigenvalue weighted by Crippen LogP contribution is -2.22. The van der Waals surface area contributed by atoms with Gasteiger partial charge in [-0.05, 0) is 34.9 Å². The molecule has 0 radical (unpaired) electrons. The first-order valence-corrected chi connectivity index (χ1v) is 7.69. The SMILES string of the molecule is CC(N)C(SCc1ccccc1)c1ccsc1. The summed E-state index contributed by atoms with van der Waals surface area (Å²) in [6.07, 6.45) is 0. The zero-order valence-corrected chi connectivity index (χ0v) is 11.5. The second-order valence-electron chi connectivity index (χ2n) is 4.13. The molecule has 0 saturated heterocycles. The van der Waals surface area contributed by atoms with E-state index in [-0.39, 0.29) is 6.04 Å². The van der Waals surface area contributed by atoms with Gasteiger partial charge in [-0.3, -0.25) is 0 Å². The first-order valence-electron chi connectivity index (χ1n) is 5.70. The Bertz CT molecular complexity index is 423. The zero-order valence-electron chi connectivity index (χ0n) is 9.87. The number of benzene rings is 1. The van der Waals surface area contributed by atoms with E-state index in [2.05, 4.69) is 54.1 Å². The fraction of sp³-hybridized carbons (Fsp3) is 0.286. The summed E-state index contributed by atoms with van der Waals surface area (Å²) in [6.45, 7) is 2.08. The zero-order chi connectivity index (χ0) is 12.1. The van der Waals surface area contributed by atoms with Crippen molar-refractivity contribution in [3.05, 3.63) is 58.3 Å². The normalized spacial score (nSPS) is 14.5. The van der Waals surface area contributed by atoms with E-state index in [0.717, 1.165) is 5.75 Å². The van der Waals surface area contributed by atoms with Gasteiger partial charge in [0.1, 0.15) is 0 Å². The van der Waals surface area contributed by atoms with E-state index < -0.39 is 0 Å². The number of hydrogen-bond donors (Lipinski definition) is 1. The number of hydrogen-bond acceptors (Lipinski definition) is 3.